The fourth-order valence-corrected chi connectivity index (χ4v) is 2.41. The highest BCUT2D eigenvalue weighted by Crippen LogP contribution is 2.24. The van der Waals surface area contributed by atoms with Crippen molar-refractivity contribution in [3.8, 4) is 0 Å². The molecule has 0 bridgehead atoms. The first kappa shape index (κ1) is 15.4. The van der Waals surface area contributed by atoms with Gasteiger partial charge in [0, 0.05) is 18.0 Å². The summed E-state index contributed by atoms with van der Waals surface area (Å²) in [7, 11) is 0. The van der Waals surface area contributed by atoms with Crippen LogP contribution in [0.25, 0.3) is 0 Å². The summed E-state index contributed by atoms with van der Waals surface area (Å²) in [6, 6.07) is 10.3. The Morgan fingerprint density at radius 3 is 2.30 bits per heavy atom. The zero-order chi connectivity index (χ0) is 16.2. The largest absolute Gasteiger partial charge is 0.368 e. The molecule has 1 amide bonds. The van der Waals surface area contributed by atoms with E-state index in [0.29, 0.717) is 18.0 Å². The summed E-state index contributed by atoms with van der Waals surface area (Å²) in [5, 5.41) is 5.45. The molecule has 4 nitrogen and oxygen atoms in total. The molecule has 1 fully saturated rings. The minimum absolute atomic E-state index is 0.177. The molecule has 1 saturated heterocycles. The molecule has 1 atom stereocenters. The summed E-state index contributed by atoms with van der Waals surface area (Å²) in [6.45, 7) is 0.606. The molecule has 3 rings (SSSR count). The lowest BCUT2D eigenvalue weighted by Crippen LogP contribution is -2.26. The van der Waals surface area contributed by atoms with Gasteiger partial charge in [0.25, 0.3) is 5.91 Å². The highest BCUT2D eigenvalue weighted by Gasteiger charge is 2.23. The molecule has 23 heavy (non-hydrogen) atoms. The van der Waals surface area contributed by atoms with Crippen LogP contribution in [0, 0.1) is 11.6 Å². The molecule has 0 aliphatic carbocycles. The van der Waals surface area contributed by atoms with Crippen LogP contribution in [-0.2, 0) is 9.53 Å². The van der Waals surface area contributed by atoms with Crippen molar-refractivity contribution in [1.29, 1.82) is 0 Å². The van der Waals surface area contributed by atoms with Gasteiger partial charge in [0.1, 0.15) is 23.4 Å². The van der Waals surface area contributed by atoms with Gasteiger partial charge in [-0.1, -0.05) is 6.07 Å². The number of amides is 1. The molecule has 2 N–H and O–H groups in total. The number of ether oxygens (including phenoxy) is 1. The molecule has 1 heterocycles. The third-order valence-electron chi connectivity index (χ3n) is 3.61. The molecule has 1 unspecified atom stereocenters. The van der Waals surface area contributed by atoms with Crippen LogP contribution < -0.4 is 10.6 Å². The van der Waals surface area contributed by atoms with E-state index < -0.39 is 17.7 Å². The number of hydrogen-bond donors (Lipinski definition) is 2. The molecule has 2 aromatic rings. The molecule has 0 radical (unpaired) electrons. The Bertz CT molecular complexity index is 678. The SMILES string of the molecule is O=C(Nc1ccc(Nc2c(F)cccc2F)cc1)C1CCCO1. The summed E-state index contributed by atoms with van der Waals surface area (Å²) in [6.07, 6.45) is 1.20. The minimum atomic E-state index is -0.666. The van der Waals surface area contributed by atoms with Crippen LogP contribution in [0.1, 0.15) is 12.8 Å². The van der Waals surface area contributed by atoms with Gasteiger partial charge in [-0.15, -0.1) is 0 Å². The Kier molecular flexibility index (Phi) is 4.52. The monoisotopic (exact) mass is 318 g/mol. The van der Waals surface area contributed by atoms with Crippen LogP contribution >= 0.6 is 0 Å². The number of anilines is 3. The standard InChI is InChI=1S/C17H16F2N2O2/c18-13-3-1-4-14(19)16(13)20-11-6-8-12(9-7-11)21-17(22)15-5-2-10-23-15/h1,3-4,6-9,15,20H,2,5,10H2,(H,21,22). The number of benzene rings is 2. The molecule has 1 aliphatic rings. The van der Waals surface area contributed by atoms with Gasteiger partial charge in [0.2, 0.25) is 0 Å². The number of hydrogen-bond acceptors (Lipinski definition) is 3. The number of carbonyl (C=O) groups is 1. The van der Waals surface area contributed by atoms with Crippen molar-refractivity contribution in [3.05, 3.63) is 54.1 Å². The van der Waals surface area contributed by atoms with Gasteiger partial charge in [-0.05, 0) is 49.2 Å². The lowest BCUT2D eigenvalue weighted by atomic mass is 10.2. The molecule has 0 spiro atoms. The van der Waals surface area contributed by atoms with E-state index in [2.05, 4.69) is 10.6 Å². The highest BCUT2D eigenvalue weighted by atomic mass is 19.1. The molecule has 6 heteroatoms. The summed E-state index contributed by atoms with van der Waals surface area (Å²) in [5.41, 5.74) is 0.915. The summed E-state index contributed by atoms with van der Waals surface area (Å²) in [4.78, 5) is 11.9. The topological polar surface area (TPSA) is 50.4 Å². The van der Waals surface area contributed by atoms with E-state index in [9.17, 15) is 13.6 Å². The second-order valence-corrected chi connectivity index (χ2v) is 5.29. The van der Waals surface area contributed by atoms with E-state index in [0.717, 1.165) is 12.8 Å². The predicted octanol–water partition coefficient (Wildman–Crippen LogP) is 3.83. The van der Waals surface area contributed by atoms with Gasteiger partial charge in [0.05, 0.1) is 0 Å². The molecule has 1 aliphatic heterocycles. The second kappa shape index (κ2) is 6.75. The fourth-order valence-electron chi connectivity index (χ4n) is 2.41. The third kappa shape index (κ3) is 3.65. The maximum atomic E-state index is 13.6. The number of para-hydroxylation sites is 1. The average molecular weight is 318 g/mol. The smallest absolute Gasteiger partial charge is 0.253 e. The zero-order valence-electron chi connectivity index (χ0n) is 12.3. The van der Waals surface area contributed by atoms with Gasteiger partial charge in [0.15, 0.2) is 0 Å². The lowest BCUT2D eigenvalue weighted by molar-refractivity contribution is -0.124. The first-order valence-corrected chi connectivity index (χ1v) is 7.37. The summed E-state index contributed by atoms with van der Waals surface area (Å²) >= 11 is 0. The van der Waals surface area contributed by atoms with Crippen molar-refractivity contribution in [2.24, 2.45) is 0 Å². The van der Waals surface area contributed by atoms with Crippen LogP contribution in [0.5, 0.6) is 0 Å². The van der Waals surface area contributed by atoms with Crippen molar-refractivity contribution >= 4 is 23.0 Å². The lowest BCUT2D eigenvalue weighted by Gasteiger charge is -2.12. The fraction of sp³-hybridized carbons (Fsp3) is 0.235. The van der Waals surface area contributed by atoms with Crippen molar-refractivity contribution in [2.45, 2.75) is 18.9 Å². The van der Waals surface area contributed by atoms with Crippen LogP contribution in [0.15, 0.2) is 42.5 Å². The van der Waals surface area contributed by atoms with Gasteiger partial charge in [-0.2, -0.15) is 0 Å². The average Bonchev–Trinajstić information content (AvgIpc) is 3.07. The van der Waals surface area contributed by atoms with Crippen LogP contribution in [0.3, 0.4) is 0 Å². The quantitative estimate of drug-likeness (QED) is 0.901. The van der Waals surface area contributed by atoms with Crippen LogP contribution in [-0.4, -0.2) is 18.6 Å². The molecule has 0 saturated carbocycles. The first-order chi connectivity index (χ1) is 11.1. The van der Waals surface area contributed by atoms with E-state index in [1.54, 1.807) is 24.3 Å². The van der Waals surface area contributed by atoms with E-state index in [4.69, 9.17) is 4.74 Å². The number of carbonyl (C=O) groups excluding carboxylic acids is 1. The van der Waals surface area contributed by atoms with E-state index >= 15 is 0 Å². The van der Waals surface area contributed by atoms with Gasteiger partial charge >= 0.3 is 0 Å². The predicted molar refractivity (Wildman–Crippen MR) is 83.7 cm³/mol. The summed E-state index contributed by atoms with van der Waals surface area (Å²) < 4.78 is 32.5. The molecule has 2 aromatic carbocycles. The van der Waals surface area contributed by atoms with Crippen LogP contribution in [0.4, 0.5) is 25.8 Å². The minimum Gasteiger partial charge on any atom is -0.368 e. The van der Waals surface area contributed by atoms with E-state index in [1.165, 1.54) is 18.2 Å². The Morgan fingerprint density at radius 1 is 1.04 bits per heavy atom. The third-order valence-corrected chi connectivity index (χ3v) is 3.61. The Balaban J connectivity index is 1.66. The van der Waals surface area contributed by atoms with Crippen molar-refractivity contribution < 1.29 is 18.3 Å². The molecular formula is C17H16F2N2O2. The van der Waals surface area contributed by atoms with Crippen molar-refractivity contribution in [3.63, 3.8) is 0 Å². The second-order valence-electron chi connectivity index (χ2n) is 5.29. The maximum Gasteiger partial charge on any atom is 0.253 e. The van der Waals surface area contributed by atoms with Crippen molar-refractivity contribution in [1.82, 2.24) is 0 Å². The Morgan fingerprint density at radius 2 is 1.70 bits per heavy atom. The number of nitrogens with one attached hydrogen (secondary N) is 2. The number of rotatable bonds is 4. The molecule has 0 aromatic heterocycles. The maximum absolute atomic E-state index is 13.6. The van der Waals surface area contributed by atoms with E-state index in [1.807, 2.05) is 0 Å². The first-order valence-electron chi connectivity index (χ1n) is 7.37. The van der Waals surface area contributed by atoms with Crippen LogP contribution in [0.2, 0.25) is 0 Å². The van der Waals surface area contributed by atoms with Gasteiger partial charge in [-0.25, -0.2) is 8.78 Å². The Labute approximate surface area is 132 Å². The van der Waals surface area contributed by atoms with Gasteiger partial charge in [-0.3, -0.25) is 4.79 Å². The highest BCUT2D eigenvalue weighted by molar-refractivity contribution is 5.94. The molecule has 120 valence electrons. The molecular weight excluding hydrogens is 302 g/mol. The van der Waals surface area contributed by atoms with E-state index in [-0.39, 0.29) is 11.6 Å². The Hall–Kier alpha value is -2.47. The normalized spacial score (nSPS) is 17.0. The number of halogens is 2. The summed E-state index contributed by atoms with van der Waals surface area (Å²) in [5.74, 6) is -1.51. The van der Waals surface area contributed by atoms with Crippen molar-refractivity contribution in [2.75, 3.05) is 17.2 Å². The zero-order valence-corrected chi connectivity index (χ0v) is 12.3. The van der Waals surface area contributed by atoms with Gasteiger partial charge < -0.3 is 15.4 Å².